The summed E-state index contributed by atoms with van der Waals surface area (Å²) in [7, 11) is 1.86. The van der Waals surface area contributed by atoms with E-state index in [2.05, 4.69) is 39.3 Å². The number of nitrogens with zero attached hydrogens (tertiary/aromatic N) is 6. The molecule has 3 rings (SSSR count). The second kappa shape index (κ2) is 5.25. The van der Waals surface area contributed by atoms with Crippen molar-refractivity contribution in [3.63, 3.8) is 0 Å². The van der Waals surface area contributed by atoms with Crippen molar-refractivity contribution in [3.05, 3.63) is 41.4 Å². The van der Waals surface area contributed by atoms with E-state index < -0.39 is 0 Å². The van der Waals surface area contributed by atoms with Gasteiger partial charge in [0.25, 0.3) is 0 Å². The molecule has 1 N–H and O–H groups in total. The summed E-state index contributed by atoms with van der Waals surface area (Å²) in [4.78, 5) is 8.68. The van der Waals surface area contributed by atoms with Crippen molar-refractivity contribution >= 4 is 5.65 Å². The van der Waals surface area contributed by atoms with Crippen LogP contribution in [0.15, 0.2) is 18.6 Å². The standard InChI is InChI=1S/C14H19N7/c1-9-5-14-16-6-12(11(3)21(14)18-9)10(2)15-7-13-17-8-20(4)19-13/h5-6,8,10,15H,7H2,1-4H3. The van der Waals surface area contributed by atoms with Gasteiger partial charge in [0, 0.05) is 36.6 Å². The van der Waals surface area contributed by atoms with E-state index in [0.717, 1.165) is 28.4 Å². The normalized spacial score (nSPS) is 13.0. The first-order chi connectivity index (χ1) is 10.0. The minimum absolute atomic E-state index is 0.148. The summed E-state index contributed by atoms with van der Waals surface area (Å²) in [6, 6.07) is 2.13. The minimum atomic E-state index is 0.148. The van der Waals surface area contributed by atoms with Gasteiger partial charge in [-0.15, -0.1) is 0 Å². The van der Waals surface area contributed by atoms with Gasteiger partial charge in [0.1, 0.15) is 6.33 Å². The first-order valence-electron chi connectivity index (χ1n) is 6.94. The van der Waals surface area contributed by atoms with Gasteiger partial charge in [-0.25, -0.2) is 14.5 Å². The summed E-state index contributed by atoms with van der Waals surface area (Å²) in [5, 5.41) is 12.2. The maximum Gasteiger partial charge on any atom is 0.164 e. The predicted molar refractivity (Wildman–Crippen MR) is 78.7 cm³/mol. The van der Waals surface area contributed by atoms with E-state index in [9.17, 15) is 0 Å². The fourth-order valence-electron chi connectivity index (χ4n) is 2.42. The van der Waals surface area contributed by atoms with E-state index in [4.69, 9.17) is 0 Å². The van der Waals surface area contributed by atoms with E-state index in [1.807, 2.05) is 30.8 Å². The number of hydrogen-bond donors (Lipinski definition) is 1. The Morgan fingerprint density at radius 2 is 2.05 bits per heavy atom. The molecule has 0 saturated heterocycles. The summed E-state index contributed by atoms with van der Waals surface area (Å²) in [6.45, 7) is 6.77. The first-order valence-corrected chi connectivity index (χ1v) is 6.94. The molecule has 110 valence electrons. The highest BCUT2D eigenvalue weighted by atomic mass is 15.3. The Morgan fingerprint density at radius 3 is 2.76 bits per heavy atom. The first kappa shape index (κ1) is 13.7. The van der Waals surface area contributed by atoms with Crippen LogP contribution in [0.25, 0.3) is 5.65 Å². The lowest BCUT2D eigenvalue weighted by atomic mass is 10.1. The number of rotatable bonds is 4. The van der Waals surface area contributed by atoms with Crippen molar-refractivity contribution in [1.82, 2.24) is 34.7 Å². The van der Waals surface area contributed by atoms with Crippen molar-refractivity contribution in [1.29, 1.82) is 0 Å². The van der Waals surface area contributed by atoms with Crippen molar-refractivity contribution < 1.29 is 0 Å². The lowest BCUT2D eigenvalue weighted by molar-refractivity contribution is 0.548. The molecule has 7 nitrogen and oxygen atoms in total. The molecule has 0 fully saturated rings. The van der Waals surface area contributed by atoms with Gasteiger partial charge in [-0.1, -0.05) is 0 Å². The van der Waals surface area contributed by atoms with Gasteiger partial charge in [0.05, 0.1) is 12.2 Å². The van der Waals surface area contributed by atoms with Crippen LogP contribution in [0, 0.1) is 13.8 Å². The zero-order valence-electron chi connectivity index (χ0n) is 12.7. The molecule has 0 aliphatic rings. The Labute approximate surface area is 123 Å². The summed E-state index contributed by atoms with van der Waals surface area (Å²) in [5.41, 5.74) is 4.08. The molecule has 1 atom stereocenters. The molecule has 1 unspecified atom stereocenters. The summed E-state index contributed by atoms with van der Waals surface area (Å²) in [5.74, 6) is 0.783. The maximum atomic E-state index is 4.48. The molecular formula is C14H19N7. The monoisotopic (exact) mass is 285 g/mol. The summed E-state index contributed by atoms with van der Waals surface area (Å²) < 4.78 is 3.59. The Hall–Kier alpha value is -2.28. The van der Waals surface area contributed by atoms with E-state index in [1.165, 1.54) is 0 Å². The number of aromatic nitrogens is 6. The van der Waals surface area contributed by atoms with Gasteiger partial charge in [-0.3, -0.25) is 4.68 Å². The molecule has 7 heteroatoms. The van der Waals surface area contributed by atoms with E-state index in [-0.39, 0.29) is 6.04 Å². The second-order valence-electron chi connectivity index (χ2n) is 5.29. The number of nitrogens with one attached hydrogen (secondary N) is 1. The molecule has 0 saturated carbocycles. The quantitative estimate of drug-likeness (QED) is 0.783. The van der Waals surface area contributed by atoms with Crippen molar-refractivity contribution in [2.45, 2.75) is 33.4 Å². The second-order valence-corrected chi connectivity index (χ2v) is 5.29. The lowest BCUT2D eigenvalue weighted by Crippen LogP contribution is -2.21. The third kappa shape index (κ3) is 2.64. The Balaban J connectivity index is 1.80. The van der Waals surface area contributed by atoms with Gasteiger partial charge in [-0.05, 0) is 20.8 Å². The third-order valence-corrected chi connectivity index (χ3v) is 3.56. The average Bonchev–Trinajstić information content (AvgIpc) is 3.02. The van der Waals surface area contributed by atoms with Crippen LogP contribution in [0.1, 0.15) is 35.7 Å². The Morgan fingerprint density at radius 1 is 1.24 bits per heavy atom. The highest BCUT2D eigenvalue weighted by Crippen LogP contribution is 2.18. The molecule has 0 bridgehead atoms. The molecule has 0 aromatic carbocycles. The average molecular weight is 285 g/mol. The zero-order valence-corrected chi connectivity index (χ0v) is 12.7. The fourth-order valence-corrected chi connectivity index (χ4v) is 2.42. The molecule has 0 amide bonds. The molecule has 21 heavy (non-hydrogen) atoms. The number of aryl methyl sites for hydroxylation is 3. The van der Waals surface area contributed by atoms with Crippen LogP contribution >= 0.6 is 0 Å². The zero-order chi connectivity index (χ0) is 15.0. The molecule has 3 aromatic rings. The number of hydrogen-bond acceptors (Lipinski definition) is 5. The van der Waals surface area contributed by atoms with Crippen molar-refractivity contribution in [3.8, 4) is 0 Å². The van der Waals surface area contributed by atoms with E-state index in [0.29, 0.717) is 6.54 Å². The van der Waals surface area contributed by atoms with Crippen LogP contribution in [0.4, 0.5) is 0 Å². The van der Waals surface area contributed by atoms with Gasteiger partial charge in [0.2, 0.25) is 0 Å². The molecule has 3 heterocycles. The Kier molecular flexibility index (Phi) is 3.42. The third-order valence-electron chi connectivity index (χ3n) is 3.56. The van der Waals surface area contributed by atoms with E-state index in [1.54, 1.807) is 11.0 Å². The predicted octanol–water partition coefficient (Wildman–Crippen LogP) is 1.33. The fraction of sp³-hybridized carbons (Fsp3) is 0.429. The molecule has 0 aliphatic heterocycles. The van der Waals surface area contributed by atoms with Crippen LogP contribution in [0.2, 0.25) is 0 Å². The van der Waals surface area contributed by atoms with Crippen molar-refractivity contribution in [2.75, 3.05) is 0 Å². The van der Waals surface area contributed by atoms with Crippen LogP contribution in [0.5, 0.6) is 0 Å². The summed E-state index contributed by atoms with van der Waals surface area (Å²) >= 11 is 0. The van der Waals surface area contributed by atoms with Gasteiger partial charge >= 0.3 is 0 Å². The smallest absolute Gasteiger partial charge is 0.164 e. The minimum Gasteiger partial charge on any atom is -0.303 e. The topological polar surface area (TPSA) is 72.9 Å². The highest BCUT2D eigenvalue weighted by Gasteiger charge is 2.13. The Bertz CT molecular complexity index is 771. The van der Waals surface area contributed by atoms with E-state index >= 15 is 0 Å². The van der Waals surface area contributed by atoms with Crippen LogP contribution in [-0.4, -0.2) is 29.4 Å². The molecule has 0 radical (unpaired) electrons. The lowest BCUT2D eigenvalue weighted by Gasteiger charge is -2.15. The highest BCUT2D eigenvalue weighted by molar-refractivity contribution is 5.42. The van der Waals surface area contributed by atoms with Crippen LogP contribution in [0.3, 0.4) is 0 Å². The summed E-state index contributed by atoms with van der Waals surface area (Å²) in [6.07, 6.45) is 3.61. The molecule has 3 aromatic heterocycles. The van der Waals surface area contributed by atoms with Crippen molar-refractivity contribution in [2.24, 2.45) is 7.05 Å². The SMILES string of the molecule is Cc1cc2ncc(C(C)NCc3ncn(C)n3)c(C)n2n1. The molecule has 0 spiro atoms. The van der Waals surface area contributed by atoms with Crippen LogP contribution < -0.4 is 5.32 Å². The van der Waals surface area contributed by atoms with Gasteiger partial charge in [0.15, 0.2) is 11.5 Å². The number of fused-ring (bicyclic) bond motifs is 1. The largest absolute Gasteiger partial charge is 0.303 e. The van der Waals surface area contributed by atoms with Crippen LogP contribution in [-0.2, 0) is 13.6 Å². The molecule has 0 aliphatic carbocycles. The van der Waals surface area contributed by atoms with Gasteiger partial charge in [-0.2, -0.15) is 10.2 Å². The van der Waals surface area contributed by atoms with Gasteiger partial charge < -0.3 is 5.32 Å². The molecular weight excluding hydrogens is 266 g/mol. The maximum absolute atomic E-state index is 4.48.